The number of hydrogen-bond donors (Lipinski definition) is 0. The molecule has 0 unspecified atom stereocenters. The quantitative estimate of drug-likeness (QED) is 0.108. The standard InChI is InChI=1S/C25H13ClN2O6S/c26-21-17-6-2-4-8-20(17)35-22(21)23-27-18(25(30)34-23)13-15-5-1-3-7-19(15)33-24(29)14-9-11-16(12-10-14)28(31)32/h1-13H/b18-13+. The lowest BCUT2D eigenvalue weighted by atomic mass is 10.1. The number of nitro groups is 1. The number of carbonyl (C=O) groups excluding carboxylic acids is 2. The second-order valence-corrected chi connectivity index (χ2v) is 8.74. The minimum Gasteiger partial charge on any atom is -0.422 e. The fourth-order valence-corrected chi connectivity index (χ4v) is 4.81. The van der Waals surface area contributed by atoms with Crippen LogP contribution in [0.25, 0.3) is 16.2 Å². The molecule has 4 aromatic rings. The number of non-ortho nitro benzene ring substituents is 1. The van der Waals surface area contributed by atoms with E-state index in [4.69, 9.17) is 21.1 Å². The third-order valence-electron chi connectivity index (χ3n) is 5.08. The van der Waals surface area contributed by atoms with E-state index in [0.29, 0.717) is 15.5 Å². The zero-order valence-electron chi connectivity index (χ0n) is 17.6. The van der Waals surface area contributed by atoms with Crippen LogP contribution >= 0.6 is 22.9 Å². The number of ether oxygens (including phenoxy) is 2. The third-order valence-corrected chi connectivity index (χ3v) is 6.74. The first kappa shape index (κ1) is 22.5. The molecule has 10 heteroatoms. The number of aliphatic imine (C=N–C) groups is 1. The van der Waals surface area contributed by atoms with Crippen LogP contribution in [-0.2, 0) is 9.53 Å². The lowest BCUT2D eigenvalue weighted by molar-refractivity contribution is -0.384. The second-order valence-electron chi connectivity index (χ2n) is 7.31. The van der Waals surface area contributed by atoms with Gasteiger partial charge < -0.3 is 9.47 Å². The Hall–Kier alpha value is -4.34. The summed E-state index contributed by atoms with van der Waals surface area (Å²) in [7, 11) is 0. The molecule has 0 N–H and O–H groups in total. The summed E-state index contributed by atoms with van der Waals surface area (Å²) in [5, 5.41) is 12.1. The van der Waals surface area contributed by atoms with Gasteiger partial charge in [-0.15, -0.1) is 11.3 Å². The molecular weight excluding hydrogens is 492 g/mol. The summed E-state index contributed by atoms with van der Waals surface area (Å²) in [6.45, 7) is 0. The van der Waals surface area contributed by atoms with Gasteiger partial charge in [0, 0.05) is 27.8 Å². The van der Waals surface area contributed by atoms with Gasteiger partial charge in [0.05, 0.1) is 15.5 Å². The van der Waals surface area contributed by atoms with Crippen molar-refractivity contribution < 1.29 is 24.0 Å². The van der Waals surface area contributed by atoms with Crippen molar-refractivity contribution in [1.29, 1.82) is 0 Å². The van der Waals surface area contributed by atoms with E-state index in [1.54, 1.807) is 24.3 Å². The molecule has 0 spiro atoms. The predicted molar refractivity (Wildman–Crippen MR) is 132 cm³/mol. The van der Waals surface area contributed by atoms with Crippen LogP contribution in [0.5, 0.6) is 5.75 Å². The van der Waals surface area contributed by atoms with Crippen molar-refractivity contribution in [3.8, 4) is 5.75 Å². The van der Waals surface area contributed by atoms with Crippen molar-refractivity contribution >= 4 is 62.6 Å². The molecule has 3 aromatic carbocycles. The molecule has 1 aliphatic rings. The molecular formula is C25H13ClN2O6S. The monoisotopic (exact) mass is 504 g/mol. The number of hydrogen-bond acceptors (Lipinski definition) is 8. The first-order valence-electron chi connectivity index (χ1n) is 10.2. The normalized spacial score (nSPS) is 14.1. The zero-order valence-corrected chi connectivity index (χ0v) is 19.2. The van der Waals surface area contributed by atoms with Gasteiger partial charge in [0.25, 0.3) is 5.69 Å². The van der Waals surface area contributed by atoms with Crippen LogP contribution in [0.3, 0.4) is 0 Å². The minimum atomic E-state index is -0.707. The van der Waals surface area contributed by atoms with Crippen molar-refractivity contribution in [3.63, 3.8) is 0 Å². The maximum atomic E-state index is 12.6. The summed E-state index contributed by atoms with van der Waals surface area (Å²) in [6, 6.07) is 19.2. The molecule has 5 rings (SSSR count). The minimum absolute atomic E-state index is 0.0207. The van der Waals surface area contributed by atoms with Gasteiger partial charge in [-0.1, -0.05) is 48.0 Å². The van der Waals surface area contributed by atoms with Crippen LogP contribution < -0.4 is 4.74 Å². The van der Waals surface area contributed by atoms with Gasteiger partial charge in [0.2, 0.25) is 5.90 Å². The maximum Gasteiger partial charge on any atom is 0.363 e. The molecule has 0 radical (unpaired) electrons. The number of thiophene rings is 1. The molecule has 2 heterocycles. The van der Waals surface area contributed by atoms with Gasteiger partial charge >= 0.3 is 11.9 Å². The molecule has 0 aliphatic carbocycles. The van der Waals surface area contributed by atoms with E-state index in [1.807, 2.05) is 24.3 Å². The Morgan fingerprint density at radius 2 is 1.77 bits per heavy atom. The van der Waals surface area contributed by atoms with Crippen molar-refractivity contribution in [1.82, 2.24) is 0 Å². The Kier molecular flexibility index (Phi) is 5.86. The van der Waals surface area contributed by atoms with Crippen LogP contribution in [0, 0.1) is 10.1 Å². The number of nitro benzene ring substituents is 1. The predicted octanol–water partition coefficient (Wildman–Crippen LogP) is 6.03. The molecule has 0 saturated carbocycles. The van der Waals surface area contributed by atoms with Gasteiger partial charge in [-0.25, -0.2) is 14.6 Å². The number of rotatable bonds is 5. The number of esters is 2. The van der Waals surface area contributed by atoms with Crippen molar-refractivity contribution in [2.45, 2.75) is 0 Å². The topological polar surface area (TPSA) is 108 Å². The van der Waals surface area contributed by atoms with Crippen LogP contribution in [0.1, 0.15) is 20.8 Å². The fourth-order valence-electron chi connectivity index (χ4n) is 3.38. The average Bonchev–Trinajstić information content (AvgIpc) is 3.39. The number of halogens is 1. The van der Waals surface area contributed by atoms with E-state index in [1.165, 1.54) is 41.7 Å². The highest BCUT2D eigenvalue weighted by molar-refractivity contribution is 7.21. The Morgan fingerprint density at radius 3 is 2.51 bits per heavy atom. The maximum absolute atomic E-state index is 12.6. The Bertz CT molecular complexity index is 1570. The van der Waals surface area contributed by atoms with E-state index in [2.05, 4.69) is 4.99 Å². The zero-order chi connectivity index (χ0) is 24.5. The first-order chi connectivity index (χ1) is 16.9. The summed E-state index contributed by atoms with van der Waals surface area (Å²) in [5.74, 6) is -1.08. The summed E-state index contributed by atoms with van der Waals surface area (Å²) in [6.07, 6.45) is 1.45. The van der Waals surface area contributed by atoms with Crippen LogP contribution in [0.15, 0.2) is 83.5 Å². The molecule has 0 bridgehead atoms. The van der Waals surface area contributed by atoms with Gasteiger partial charge in [-0.05, 0) is 30.3 Å². The summed E-state index contributed by atoms with van der Waals surface area (Å²) >= 11 is 7.85. The highest BCUT2D eigenvalue weighted by atomic mass is 35.5. The number of fused-ring (bicyclic) bond motifs is 1. The van der Waals surface area contributed by atoms with Crippen LogP contribution in [0.2, 0.25) is 5.02 Å². The Balaban J connectivity index is 1.43. The highest BCUT2D eigenvalue weighted by Crippen LogP contribution is 2.37. The van der Waals surface area contributed by atoms with Crippen molar-refractivity contribution in [3.05, 3.63) is 110 Å². The highest BCUT2D eigenvalue weighted by Gasteiger charge is 2.28. The van der Waals surface area contributed by atoms with Crippen LogP contribution in [0.4, 0.5) is 5.69 Å². The molecule has 172 valence electrons. The number of para-hydroxylation sites is 1. The lowest BCUT2D eigenvalue weighted by Gasteiger charge is -2.07. The molecule has 0 amide bonds. The van der Waals surface area contributed by atoms with E-state index in [-0.39, 0.29) is 28.6 Å². The fraction of sp³-hybridized carbons (Fsp3) is 0. The summed E-state index contributed by atoms with van der Waals surface area (Å²) in [5.41, 5.74) is 0.436. The van der Waals surface area contributed by atoms with Gasteiger partial charge in [0.15, 0.2) is 5.70 Å². The SMILES string of the molecule is O=C1OC(c2sc3ccccc3c2Cl)=N/C1=C/c1ccccc1OC(=O)c1ccc([N+](=O)[O-])cc1. The number of cyclic esters (lactones) is 1. The summed E-state index contributed by atoms with van der Waals surface area (Å²) < 4.78 is 11.8. The molecule has 1 aliphatic heterocycles. The Labute approximate surface area is 206 Å². The summed E-state index contributed by atoms with van der Waals surface area (Å²) in [4.78, 5) is 40.2. The number of nitrogens with zero attached hydrogens (tertiary/aromatic N) is 2. The first-order valence-corrected chi connectivity index (χ1v) is 11.4. The number of benzene rings is 3. The molecule has 1 aromatic heterocycles. The average molecular weight is 505 g/mol. The van der Waals surface area contributed by atoms with E-state index in [9.17, 15) is 19.7 Å². The lowest BCUT2D eigenvalue weighted by Crippen LogP contribution is -2.09. The van der Waals surface area contributed by atoms with Gasteiger partial charge in [-0.2, -0.15) is 0 Å². The van der Waals surface area contributed by atoms with E-state index < -0.39 is 16.9 Å². The molecule has 0 saturated heterocycles. The van der Waals surface area contributed by atoms with Crippen LogP contribution in [-0.4, -0.2) is 22.8 Å². The second kappa shape index (κ2) is 9.13. The third kappa shape index (κ3) is 4.42. The van der Waals surface area contributed by atoms with E-state index in [0.717, 1.165) is 10.1 Å². The van der Waals surface area contributed by atoms with Gasteiger partial charge in [-0.3, -0.25) is 10.1 Å². The van der Waals surface area contributed by atoms with Gasteiger partial charge in [0.1, 0.15) is 10.6 Å². The Morgan fingerprint density at radius 1 is 1.06 bits per heavy atom. The molecule has 8 nitrogen and oxygen atoms in total. The largest absolute Gasteiger partial charge is 0.422 e. The van der Waals surface area contributed by atoms with E-state index >= 15 is 0 Å². The van der Waals surface area contributed by atoms with Crippen molar-refractivity contribution in [2.24, 2.45) is 4.99 Å². The van der Waals surface area contributed by atoms with Crippen molar-refractivity contribution in [2.75, 3.05) is 0 Å². The molecule has 0 fully saturated rings. The molecule has 35 heavy (non-hydrogen) atoms. The smallest absolute Gasteiger partial charge is 0.363 e. The molecule has 0 atom stereocenters. The number of carbonyl (C=O) groups is 2.